The number of ketones is 2. The lowest BCUT2D eigenvalue weighted by molar-refractivity contribution is -0.433. The number of rotatable bonds is 41. The van der Waals surface area contributed by atoms with Gasteiger partial charge in [-0.15, -0.1) is 5.53 Å². The highest BCUT2D eigenvalue weighted by Crippen LogP contribution is 2.51. The van der Waals surface area contributed by atoms with Crippen LogP contribution in [0.3, 0.4) is 0 Å². The molecule has 150 heavy (non-hydrogen) atoms. The van der Waals surface area contributed by atoms with E-state index in [1.807, 2.05) is 113 Å². The Balaban J connectivity index is 0.490. The number of nitrogens with zero attached hydrogens (tertiary/aromatic N) is 6. The summed E-state index contributed by atoms with van der Waals surface area (Å²) in [5, 5.41) is 15.6. The highest BCUT2D eigenvalue weighted by atomic mass is 32.2. The zero-order valence-corrected chi connectivity index (χ0v) is 89.2. The first-order valence-corrected chi connectivity index (χ1v) is 58.0. The molecule has 0 spiro atoms. The van der Waals surface area contributed by atoms with Gasteiger partial charge in [0.25, 0.3) is 36.3 Å². The van der Waals surface area contributed by atoms with E-state index in [0.29, 0.717) is 134 Å². The van der Waals surface area contributed by atoms with Gasteiger partial charge >= 0.3 is 0 Å². The van der Waals surface area contributed by atoms with Crippen molar-refractivity contribution in [2.45, 2.75) is 232 Å². The zero-order valence-electron chi connectivity index (χ0n) is 85.1. The van der Waals surface area contributed by atoms with Crippen molar-refractivity contribution in [2.24, 2.45) is 17.8 Å². The number of thiophene rings is 1. The van der Waals surface area contributed by atoms with E-state index >= 15 is 26.0 Å². The van der Waals surface area contributed by atoms with E-state index in [9.17, 15) is 62.9 Å². The minimum absolute atomic E-state index is 0.0400. The molecule has 8 N–H and O–H groups in total. The molecule has 17 rings (SSSR count). The largest absolute Gasteiger partial charge is 0.479 e. The van der Waals surface area contributed by atoms with Crippen LogP contribution in [0.25, 0.3) is 33.4 Å². The van der Waals surface area contributed by atoms with Crippen LogP contribution in [0.4, 0.5) is 46.0 Å². The van der Waals surface area contributed by atoms with Crippen molar-refractivity contribution < 1.29 is 103 Å². The van der Waals surface area contributed by atoms with Gasteiger partial charge in [0.05, 0.1) is 53.4 Å². The Bertz CT molecular complexity index is 7630. The molecule has 2 atom stereocenters. The number of Topliss-reactive ketones (excluding diaryl/α,β-unsaturated/α-hetero) is 2. The third-order valence-electron chi connectivity index (χ3n) is 30.8. The number of halogens is 4. The average Bonchev–Trinajstić information content (AvgIpc) is 1.38. The molecule has 29 nitrogen and oxygen atoms in total. The normalized spacial score (nSPS) is 18.6. The number of ether oxygens (including phenoxy) is 1. The highest BCUT2D eigenvalue weighted by molar-refractivity contribution is 7.89. The minimum Gasteiger partial charge on any atom is -0.479 e. The molecule has 1 saturated carbocycles. The predicted octanol–water partition coefficient (Wildman–Crippen LogP) is 19.2. The van der Waals surface area contributed by atoms with Gasteiger partial charge in [-0.2, -0.15) is 58.8 Å². The smallest absolute Gasteiger partial charge is 0.294 e. The number of sulfonamides is 1. The van der Waals surface area contributed by atoms with Crippen LogP contribution in [0, 0.1) is 47.9 Å². The number of carbonyl (C=O) groups is 5. The van der Waals surface area contributed by atoms with Gasteiger partial charge in [0.1, 0.15) is 30.5 Å². The van der Waals surface area contributed by atoms with Crippen LogP contribution in [-0.2, 0) is 78.4 Å². The van der Waals surface area contributed by atoms with Crippen molar-refractivity contribution in [3.8, 4) is 28.2 Å². The van der Waals surface area contributed by atoms with Crippen LogP contribution >= 0.6 is 11.3 Å². The lowest BCUT2D eigenvalue weighted by atomic mass is 9.71. The van der Waals surface area contributed by atoms with Gasteiger partial charge in [-0.05, 0) is 225 Å². The molecule has 38 heteroatoms. The van der Waals surface area contributed by atoms with Gasteiger partial charge < -0.3 is 40.3 Å². The van der Waals surface area contributed by atoms with Gasteiger partial charge in [-0.25, -0.2) is 17.2 Å². The van der Waals surface area contributed by atoms with E-state index in [-0.39, 0.29) is 108 Å². The number of hydrazine groups is 2. The molecule has 0 bridgehead atoms. The van der Waals surface area contributed by atoms with Crippen LogP contribution in [0.5, 0.6) is 5.75 Å². The van der Waals surface area contributed by atoms with Crippen molar-refractivity contribution in [1.29, 1.82) is 0 Å². The number of piperidine rings is 1. The number of aryl methyl sites for hydroxylation is 1. The Morgan fingerprint density at radius 1 is 0.653 bits per heavy atom. The number of hydrogen-bond donors (Lipinski definition) is 8. The molecule has 7 aliphatic heterocycles. The van der Waals surface area contributed by atoms with Crippen LogP contribution in [0.1, 0.15) is 219 Å². The summed E-state index contributed by atoms with van der Waals surface area (Å²) in [4.78, 5) is 73.2. The predicted molar refractivity (Wildman–Crippen MR) is 568 cm³/mol. The van der Waals surface area contributed by atoms with E-state index in [0.717, 1.165) is 101 Å². The molecular weight excluding hydrogens is 2020 g/mol. The highest BCUT2D eigenvalue weighted by Gasteiger charge is 2.48. The number of unbranched alkanes of at least 4 members (excludes halogenated alkanes) is 7. The summed E-state index contributed by atoms with van der Waals surface area (Å²) in [5.41, 5.74) is 16.2. The van der Waals surface area contributed by atoms with Crippen LogP contribution in [0.15, 0.2) is 222 Å². The Hall–Kier alpha value is -12.4. The number of nitrogens with one attached hydrogen (secondary N) is 5. The number of carbonyl (C=O) groups excluding carboxylic acids is 5. The molecule has 8 heterocycles. The fourth-order valence-corrected chi connectivity index (χ4v) is 26.2. The number of allylic oxidation sites excluding steroid dienone is 6. The molecule has 1 saturated heterocycles. The second kappa shape index (κ2) is 44.9. The quantitative estimate of drug-likeness (QED) is 0.00258. The SMILES string of the molecule is CC[N+]1=C(/C=C/C=C/C=C2/N(CCCCCC(=O)NCCCC[C@@H](C(=O)COc3c(F)c(F)c(C(=O)CCCCCCCNC(=O)C4CCN(S(=O)(=O)c5ccccc5-c5c6ccc(=[N+]7CCc8cc(S(=O)(=O)O)ccc87)cc-6oc6cc(N7CCc8cc(C)ccc87)ccc56)CC4)c(F)c3F)N3C=C([C@](C)(NC(=O)c4ccsc4)C4CCC(C)CC4)NN3)c3ccc(S(=O)(=O)O)cc3C2(C)C)C(C)(C)c2cc(S(=O)(=O)O)ccc21. The fourth-order valence-electron chi connectivity index (χ4n) is 22.4. The summed E-state index contributed by atoms with van der Waals surface area (Å²) in [5.74, 6) is -12.0. The Morgan fingerprint density at radius 3 is 2.04 bits per heavy atom. The number of benzene rings is 8. The lowest BCUT2D eigenvalue weighted by Crippen LogP contribution is -2.57. The molecular formula is C112H127F4N11O18S5+2. The van der Waals surface area contributed by atoms with Gasteiger partial charge in [0.2, 0.25) is 50.2 Å². The fraction of sp³-hybridized carbons (Fsp3) is 0.402. The number of hydrogen-bond acceptors (Lipinski definition) is 21. The van der Waals surface area contributed by atoms with E-state index in [2.05, 4.69) is 73.3 Å². The van der Waals surface area contributed by atoms with Crippen molar-refractivity contribution >= 4 is 126 Å². The summed E-state index contributed by atoms with van der Waals surface area (Å²) >= 11 is 1.36. The third kappa shape index (κ3) is 22.9. The standard InChI is InChI=1S/C112H125F4N11O18S5/c1-9-123-89-46-40-80(149(138,139)140)65-85(89)110(4,5)98(123)29-16-13-17-30-99-111(6,7)86-66-81(150(141,142)143)41-47-90(86)126(99)55-24-14-18-31-100(130)117-53-23-21-26-91(127-67-97(120-121-127)112(8,76-35-32-70(2)33-36-76)119-109(132)75-52-60-146-69-75)93(129)68-144-107-105(115)103(113)102(104(114)106(107)116)92(128)27-15-11-10-12-22-54-118-108(131)72-48-56-122(57-49-72)147(133,134)96-28-20-19-25-84(96)101-82-42-37-77(124-58-50-73-61-71(3)34-44-87(73)124)63-94(82)145-95-64-78(38-43-83(95)101)125-59-51-74-62-79(148(135,136)137)39-45-88(74)125/h13,16-17,19-20,25,28-30,34,37-47,52,60-67,69-70,72,76,91,120-121H,9-12,14-15,18,21-24,26-27,31-33,35-36,48-51,53-59,68H2,1-8H3,(H4-2,117,118,119,130,131,132,135,136,137,138,139,140,141,142,143)/p+2/t70?,76?,91-,112+/m0/s1. The van der Waals surface area contributed by atoms with Crippen LogP contribution in [-0.4, -0.2) is 167 Å². The van der Waals surface area contributed by atoms with Crippen LogP contribution < -0.4 is 51.4 Å². The molecule has 794 valence electrons. The van der Waals surface area contributed by atoms with Gasteiger partial charge in [0, 0.05) is 168 Å². The van der Waals surface area contributed by atoms with Crippen molar-refractivity contribution in [2.75, 3.05) is 68.8 Å². The Labute approximate surface area is 876 Å². The summed E-state index contributed by atoms with van der Waals surface area (Å²) in [6.45, 7) is 17.8. The molecule has 1 aromatic heterocycles. The zero-order chi connectivity index (χ0) is 107. The van der Waals surface area contributed by atoms with Crippen molar-refractivity contribution in [1.82, 2.24) is 40.8 Å². The maximum atomic E-state index is 16.2. The van der Waals surface area contributed by atoms with E-state index < -0.39 is 128 Å². The van der Waals surface area contributed by atoms with Gasteiger partial charge in [-0.1, -0.05) is 113 Å². The van der Waals surface area contributed by atoms with Gasteiger partial charge in [0.15, 0.2) is 41.2 Å². The molecule has 0 radical (unpaired) electrons. The molecule has 7 aromatic carbocycles. The maximum absolute atomic E-state index is 16.2. The Morgan fingerprint density at radius 2 is 1.32 bits per heavy atom. The maximum Gasteiger partial charge on any atom is 0.294 e. The summed E-state index contributed by atoms with van der Waals surface area (Å²) in [6.07, 6.45) is 20.4. The molecule has 0 unspecified atom stereocenters. The van der Waals surface area contributed by atoms with Crippen molar-refractivity contribution in [3.63, 3.8) is 0 Å². The molecule has 8 aromatic rings. The molecule has 2 fully saturated rings. The monoisotopic (exact) mass is 2150 g/mol. The van der Waals surface area contributed by atoms with Crippen molar-refractivity contribution in [3.05, 3.63) is 266 Å². The molecule has 3 amide bonds. The molecule has 9 aliphatic rings. The number of fused-ring (bicyclic) bond motifs is 6. The Kier molecular flexibility index (Phi) is 32.6. The summed E-state index contributed by atoms with van der Waals surface area (Å²) in [6, 6.07) is 39.0. The average molecular weight is 2150 g/mol. The first-order chi connectivity index (χ1) is 71.4. The first-order valence-electron chi connectivity index (χ1n) is 51.3. The topological polar surface area (TPSA) is 384 Å². The second-order valence-corrected chi connectivity index (χ2v) is 48.2. The van der Waals surface area contributed by atoms with E-state index in [1.165, 1.54) is 62.6 Å². The van der Waals surface area contributed by atoms with Crippen LogP contribution in [0.2, 0.25) is 0 Å². The summed E-state index contributed by atoms with van der Waals surface area (Å²) < 4.78 is 216. The van der Waals surface area contributed by atoms with E-state index in [4.69, 9.17) is 9.15 Å². The van der Waals surface area contributed by atoms with Gasteiger partial charge in [-0.3, -0.25) is 42.6 Å². The number of anilines is 3. The third-order valence-corrected chi connectivity index (χ3v) is 35.9. The van der Waals surface area contributed by atoms with E-state index in [1.54, 1.807) is 65.5 Å². The lowest BCUT2D eigenvalue weighted by Gasteiger charge is -2.42. The molecule has 2 aliphatic carbocycles. The summed E-state index contributed by atoms with van der Waals surface area (Å²) in [7, 11) is -17.7. The minimum atomic E-state index is -4.56. The number of amides is 3. The second-order valence-electron chi connectivity index (χ2n) is 41.3. The first kappa shape index (κ1) is 109.